The van der Waals surface area contributed by atoms with Crippen molar-refractivity contribution in [1.82, 2.24) is 0 Å². The predicted molar refractivity (Wildman–Crippen MR) is 130 cm³/mol. The number of rotatable bonds is 4. The Kier molecular flexibility index (Phi) is 5.56. The Morgan fingerprint density at radius 1 is 1.06 bits per heavy atom. The van der Waals surface area contributed by atoms with Gasteiger partial charge in [-0.3, -0.25) is 14.9 Å². The average Bonchev–Trinajstić information content (AvgIpc) is 3.29. The molecule has 33 heavy (non-hydrogen) atoms. The summed E-state index contributed by atoms with van der Waals surface area (Å²) >= 11 is 12.1. The number of anilines is 2. The van der Waals surface area contributed by atoms with Crippen molar-refractivity contribution >= 4 is 46.2 Å². The first-order valence-corrected chi connectivity index (χ1v) is 11.2. The first-order valence-electron chi connectivity index (χ1n) is 10.5. The lowest BCUT2D eigenvalue weighted by Gasteiger charge is -2.37. The van der Waals surface area contributed by atoms with Gasteiger partial charge in [0.15, 0.2) is 0 Å². The first-order chi connectivity index (χ1) is 15.9. The number of fused-ring (bicyclic) bond motifs is 3. The summed E-state index contributed by atoms with van der Waals surface area (Å²) in [6, 6.07) is 17.3. The molecule has 1 aliphatic heterocycles. The molecule has 0 bridgehead atoms. The fourth-order valence-electron chi connectivity index (χ4n) is 4.68. The largest absolute Gasteiger partial charge is 0.378 e. The number of nitro benzene ring substituents is 1. The average molecular weight is 480 g/mol. The third kappa shape index (κ3) is 4.08. The SMILES string of the molecule is O=C(Nc1ccc2c(c1)[C@@H]1C=CC[C@H]1[C@H](c1ccc([N+](=O)[O-])cc1)N2)c1ccc(Cl)cc1Cl. The van der Waals surface area contributed by atoms with E-state index in [-0.39, 0.29) is 34.4 Å². The molecule has 166 valence electrons. The van der Waals surface area contributed by atoms with Gasteiger partial charge in [0, 0.05) is 34.4 Å². The second-order valence-electron chi connectivity index (χ2n) is 8.20. The van der Waals surface area contributed by atoms with Crippen molar-refractivity contribution < 1.29 is 9.72 Å². The Bertz CT molecular complexity index is 1290. The minimum absolute atomic E-state index is 0.0339. The first kappa shape index (κ1) is 21.5. The fraction of sp³-hybridized carbons (Fsp3) is 0.160. The molecule has 3 atom stereocenters. The van der Waals surface area contributed by atoms with E-state index in [0.29, 0.717) is 21.3 Å². The van der Waals surface area contributed by atoms with E-state index < -0.39 is 0 Å². The Morgan fingerprint density at radius 3 is 2.58 bits per heavy atom. The standard InChI is InChI=1S/C25H19Cl2N3O3/c26-15-6-10-20(22(27)12-15)25(31)28-16-7-11-23-21(13-16)18-2-1-3-19(18)24(29-23)14-4-8-17(9-5-14)30(32)33/h1-2,4-13,18-19,24,29H,3H2,(H,28,31)/t18-,19-,24+/m1/s1. The van der Waals surface area contributed by atoms with Gasteiger partial charge in [0.25, 0.3) is 11.6 Å². The number of non-ortho nitro benzene ring substituents is 1. The minimum atomic E-state index is -0.389. The Morgan fingerprint density at radius 2 is 1.85 bits per heavy atom. The maximum absolute atomic E-state index is 12.7. The van der Waals surface area contributed by atoms with Gasteiger partial charge in [0.1, 0.15) is 0 Å². The molecular formula is C25H19Cl2N3O3. The summed E-state index contributed by atoms with van der Waals surface area (Å²) in [5.74, 6) is 0.149. The second kappa shape index (κ2) is 8.54. The summed E-state index contributed by atoms with van der Waals surface area (Å²) in [5, 5.41) is 18.3. The van der Waals surface area contributed by atoms with Gasteiger partial charge in [-0.05, 0) is 59.9 Å². The van der Waals surface area contributed by atoms with Gasteiger partial charge >= 0.3 is 0 Å². The lowest BCUT2D eigenvalue weighted by molar-refractivity contribution is -0.384. The third-order valence-electron chi connectivity index (χ3n) is 6.26. The molecule has 0 spiro atoms. The molecule has 5 rings (SSSR count). The molecule has 0 fully saturated rings. The van der Waals surface area contributed by atoms with E-state index in [2.05, 4.69) is 22.8 Å². The highest BCUT2D eigenvalue weighted by molar-refractivity contribution is 6.37. The molecule has 0 aromatic heterocycles. The zero-order valence-corrected chi connectivity index (χ0v) is 18.8. The molecule has 1 amide bonds. The zero-order valence-electron chi connectivity index (χ0n) is 17.3. The Hall–Kier alpha value is -3.35. The number of carbonyl (C=O) groups excluding carboxylic acids is 1. The molecule has 0 unspecified atom stereocenters. The monoisotopic (exact) mass is 479 g/mol. The zero-order chi connectivity index (χ0) is 23.1. The molecule has 6 nitrogen and oxygen atoms in total. The number of carbonyl (C=O) groups is 1. The summed E-state index contributed by atoms with van der Waals surface area (Å²) in [4.78, 5) is 23.4. The number of nitro groups is 1. The summed E-state index contributed by atoms with van der Waals surface area (Å²) in [6.07, 6.45) is 5.27. The van der Waals surface area contributed by atoms with E-state index in [9.17, 15) is 14.9 Å². The van der Waals surface area contributed by atoms with Crippen molar-refractivity contribution in [3.8, 4) is 0 Å². The van der Waals surface area contributed by atoms with Crippen molar-refractivity contribution in [2.75, 3.05) is 10.6 Å². The Labute approximate surface area is 200 Å². The van der Waals surface area contributed by atoms with Crippen LogP contribution in [0.4, 0.5) is 17.1 Å². The molecule has 3 aromatic carbocycles. The van der Waals surface area contributed by atoms with E-state index in [1.54, 1.807) is 30.3 Å². The molecule has 0 saturated heterocycles. The van der Waals surface area contributed by atoms with Gasteiger partial charge in [-0.15, -0.1) is 0 Å². The Balaban J connectivity index is 1.41. The summed E-state index contributed by atoms with van der Waals surface area (Å²) in [5.41, 5.74) is 4.21. The maximum Gasteiger partial charge on any atom is 0.269 e. The number of benzene rings is 3. The number of amides is 1. The number of nitrogens with zero attached hydrogens (tertiary/aromatic N) is 1. The highest BCUT2D eigenvalue weighted by atomic mass is 35.5. The van der Waals surface area contributed by atoms with Gasteiger partial charge in [-0.1, -0.05) is 47.5 Å². The van der Waals surface area contributed by atoms with Crippen LogP contribution in [0.15, 0.2) is 72.8 Å². The minimum Gasteiger partial charge on any atom is -0.378 e. The summed E-state index contributed by atoms with van der Waals surface area (Å²) in [7, 11) is 0. The number of allylic oxidation sites excluding steroid dienone is 2. The van der Waals surface area contributed by atoms with Crippen LogP contribution in [0.25, 0.3) is 0 Å². The summed E-state index contributed by atoms with van der Waals surface area (Å²) in [6.45, 7) is 0. The van der Waals surface area contributed by atoms with Gasteiger partial charge < -0.3 is 10.6 Å². The van der Waals surface area contributed by atoms with Gasteiger partial charge in [0.2, 0.25) is 0 Å². The second-order valence-corrected chi connectivity index (χ2v) is 9.05. The van der Waals surface area contributed by atoms with Crippen molar-refractivity contribution in [3.05, 3.63) is 110 Å². The summed E-state index contributed by atoms with van der Waals surface area (Å²) < 4.78 is 0. The van der Waals surface area contributed by atoms with Gasteiger partial charge in [-0.25, -0.2) is 0 Å². The molecule has 8 heteroatoms. The van der Waals surface area contributed by atoms with Crippen LogP contribution in [0.1, 0.15) is 39.9 Å². The van der Waals surface area contributed by atoms with Gasteiger partial charge in [0.05, 0.1) is 21.6 Å². The number of halogens is 2. The van der Waals surface area contributed by atoms with Crippen LogP contribution in [0.3, 0.4) is 0 Å². The molecule has 3 aromatic rings. The number of hydrogen-bond donors (Lipinski definition) is 2. The lowest BCUT2D eigenvalue weighted by atomic mass is 9.77. The smallest absolute Gasteiger partial charge is 0.269 e. The molecule has 1 heterocycles. The van der Waals surface area contributed by atoms with Crippen LogP contribution < -0.4 is 10.6 Å². The number of hydrogen-bond acceptors (Lipinski definition) is 4. The topological polar surface area (TPSA) is 84.3 Å². The van der Waals surface area contributed by atoms with Gasteiger partial charge in [-0.2, -0.15) is 0 Å². The molecule has 2 aliphatic rings. The highest BCUT2D eigenvalue weighted by Crippen LogP contribution is 2.50. The highest BCUT2D eigenvalue weighted by Gasteiger charge is 2.38. The van der Waals surface area contributed by atoms with E-state index in [1.165, 1.54) is 0 Å². The molecule has 2 N–H and O–H groups in total. The molecule has 0 saturated carbocycles. The van der Waals surface area contributed by atoms with Crippen LogP contribution in [-0.4, -0.2) is 10.8 Å². The van der Waals surface area contributed by atoms with Crippen molar-refractivity contribution in [2.45, 2.75) is 18.4 Å². The number of nitrogens with one attached hydrogen (secondary N) is 2. The van der Waals surface area contributed by atoms with Crippen molar-refractivity contribution in [2.24, 2.45) is 5.92 Å². The fourth-order valence-corrected chi connectivity index (χ4v) is 5.17. The van der Waals surface area contributed by atoms with Crippen LogP contribution in [0.2, 0.25) is 10.0 Å². The van der Waals surface area contributed by atoms with E-state index >= 15 is 0 Å². The van der Waals surface area contributed by atoms with Crippen LogP contribution in [0.5, 0.6) is 0 Å². The molecule has 1 aliphatic carbocycles. The maximum atomic E-state index is 12.7. The van der Waals surface area contributed by atoms with E-state index in [0.717, 1.165) is 23.2 Å². The van der Waals surface area contributed by atoms with Crippen molar-refractivity contribution in [1.29, 1.82) is 0 Å². The van der Waals surface area contributed by atoms with Crippen LogP contribution in [-0.2, 0) is 0 Å². The van der Waals surface area contributed by atoms with E-state index in [4.69, 9.17) is 23.2 Å². The third-order valence-corrected chi connectivity index (χ3v) is 6.81. The lowest BCUT2D eigenvalue weighted by Crippen LogP contribution is -2.29. The quantitative estimate of drug-likeness (QED) is 0.240. The predicted octanol–water partition coefficient (Wildman–Crippen LogP) is 6.98. The normalized spacial score (nSPS) is 20.5. The molecule has 0 radical (unpaired) electrons. The molecular weight excluding hydrogens is 461 g/mol. The van der Waals surface area contributed by atoms with Crippen LogP contribution >= 0.6 is 23.2 Å². The van der Waals surface area contributed by atoms with Crippen LogP contribution in [0, 0.1) is 16.0 Å². The van der Waals surface area contributed by atoms with E-state index in [1.807, 2.05) is 30.3 Å². The van der Waals surface area contributed by atoms with Crippen molar-refractivity contribution in [3.63, 3.8) is 0 Å².